The third-order valence-electron chi connectivity index (χ3n) is 14.8. The fourth-order valence-electron chi connectivity index (χ4n) is 10.7. The van der Waals surface area contributed by atoms with Crippen LogP contribution in [0.1, 0.15) is 107 Å². The Labute approximate surface area is 380 Å². The van der Waals surface area contributed by atoms with Gasteiger partial charge in [0.25, 0.3) is 0 Å². The topological polar surface area (TPSA) is 190 Å². The zero-order chi connectivity index (χ0) is 46.7. The number of carbonyl (C=O) groups is 1. The molecule has 5 saturated heterocycles. The summed E-state index contributed by atoms with van der Waals surface area (Å²) in [7, 11) is 4.46. The molecule has 0 bridgehead atoms. The van der Waals surface area contributed by atoms with E-state index in [9.17, 15) is 25.2 Å². The Morgan fingerprint density at radius 3 is 2.34 bits per heavy atom. The van der Waals surface area contributed by atoms with Crippen molar-refractivity contribution in [3.8, 4) is 0 Å². The van der Waals surface area contributed by atoms with Crippen LogP contribution < -0.4 is 0 Å². The summed E-state index contributed by atoms with van der Waals surface area (Å²) in [5, 5.41) is 44.7. The van der Waals surface area contributed by atoms with E-state index in [1.54, 1.807) is 40.2 Å². The predicted molar refractivity (Wildman–Crippen MR) is 236 cm³/mol. The van der Waals surface area contributed by atoms with Crippen molar-refractivity contribution >= 4 is 5.97 Å². The predicted octanol–water partition coefficient (Wildman–Crippen LogP) is 5.21. The molecule has 4 N–H and O–H groups in total. The summed E-state index contributed by atoms with van der Waals surface area (Å²) in [6.07, 6.45) is 6.39. The van der Waals surface area contributed by atoms with Crippen LogP contribution in [0.5, 0.6) is 0 Å². The summed E-state index contributed by atoms with van der Waals surface area (Å²) < 4.78 is 61.9. The van der Waals surface area contributed by atoms with Crippen molar-refractivity contribution in [3.63, 3.8) is 0 Å². The van der Waals surface area contributed by atoms with E-state index in [0.717, 1.165) is 24.8 Å². The third kappa shape index (κ3) is 11.1. The molecule has 0 amide bonds. The highest BCUT2D eigenvalue weighted by atomic mass is 16.7. The number of aliphatic hydroxyl groups excluding tert-OH is 3. The van der Waals surface area contributed by atoms with Gasteiger partial charge in [-0.05, 0) is 56.6 Å². The molecule has 20 atom stereocenters. The molecule has 64 heavy (non-hydrogen) atoms. The number of hydrogen-bond acceptors (Lipinski definition) is 15. The van der Waals surface area contributed by atoms with E-state index in [0.29, 0.717) is 49.5 Å². The van der Waals surface area contributed by atoms with Crippen LogP contribution in [0.15, 0.2) is 47.1 Å². The van der Waals surface area contributed by atoms with Crippen molar-refractivity contribution in [2.45, 2.75) is 204 Å². The zero-order valence-corrected chi connectivity index (χ0v) is 39.9. The van der Waals surface area contributed by atoms with Crippen LogP contribution in [-0.4, -0.2) is 152 Å². The maximum atomic E-state index is 12.9. The quantitative estimate of drug-likeness (QED) is 0.124. The molecule has 1 aliphatic carbocycles. The smallest absolute Gasteiger partial charge is 0.336 e. The largest absolute Gasteiger partial charge is 0.466 e. The van der Waals surface area contributed by atoms with Crippen molar-refractivity contribution in [1.82, 2.24) is 0 Å². The number of allylic oxidation sites excluding steroid dienone is 2. The Balaban J connectivity index is 1.22. The lowest BCUT2D eigenvalue weighted by Gasteiger charge is -2.50. The molecule has 0 saturated carbocycles. The number of carbonyl (C=O) groups excluding carboxylic acids is 1. The minimum Gasteiger partial charge on any atom is -0.466 e. The molecule has 5 fully saturated rings. The first-order chi connectivity index (χ1) is 30.4. The summed E-state index contributed by atoms with van der Waals surface area (Å²) in [5.41, 5.74) is -0.466. The van der Waals surface area contributed by atoms with E-state index in [-0.39, 0.29) is 30.3 Å². The van der Waals surface area contributed by atoms with Gasteiger partial charge >= 0.3 is 5.97 Å². The maximum Gasteiger partial charge on any atom is 0.336 e. The fourth-order valence-corrected chi connectivity index (χ4v) is 10.7. The van der Waals surface area contributed by atoms with E-state index in [2.05, 4.69) is 26.8 Å². The van der Waals surface area contributed by atoms with Gasteiger partial charge in [0.1, 0.15) is 23.9 Å². The molecule has 15 nitrogen and oxygen atoms in total. The number of rotatable bonds is 15. The minimum atomic E-state index is -1.86. The van der Waals surface area contributed by atoms with Crippen LogP contribution in [-0.2, 0) is 52.2 Å². The molecule has 0 radical (unpaired) electrons. The molecule has 1 unspecified atom stereocenters. The number of hydrogen-bond donors (Lipinski definition) is 4. The normalized spacial score (nSPS) is 44.1. The molecule has 0 aromatic carbocycles. The Hall–Kier alpha value is -2.09. The van der Waals surface area contributed by atoms with Crippen LogP contribution >= 0.6 is 0 Å². The minimum absolute atomic E-state index is 0.0132. The zero-order valence-electron chi connectivity index (χ0n) is 39.9. The van der Waals surface area contributed by atoms with Crippen LogP contribution in [0.4, 0.5) is 0 Å². The molecular formula is C49H78O15. The van der Waals surface area contributed by atoms with Gasteiger partial charge in [0.05, 0.1) is 74.2 Å². The highest BCUT2D eigenvalue weighted by Gasteiger charge is 2.58. The number of methoxy groups -OCH3 is 3. The standard InChI is InChI=1S/C49H78O15/c1-12-26(2)44-29(5)18-19-48(64-44)24-34(50)21-35(63-48)17-16-28(4)43(27(3)14-13-15-33-25-58-46-41(51)30(6)20-36(47(53)57-11)49(33,46)54)61-40-23-38(56-10)45(32(8)60-40)62-39-22-37(55-9)42(52)31(7)59-39/h13-16,20,26-27,29-32,34-35,37-46,50-52,54H,12,17-19,21-25H2,1-11H3/b14-13+,28-16+,33-15+/t26-,27-,29-,30-,31-,32-,34-,35+,37-,38-,39?,40-,41+,42-,43-,44+,45-,46+,48+,49+/m0/s1. The van der Waals surface area contributed by atoms with Gasteiger partial charge in [-0.3, -0.25) is 0 Å². The Kier molecular flexibility index (Phi) is 17.6. The lowest BCUT2D eigenvalue weighted by molar-refractivity contribution is -0.340. The summed E-state index contributed by atoms with van der Waals surface area (Å²) in [4.78, 5) is 12.9. The average molecular weight is 907 g/mol. The number of aliphatic hydroxyl groups is 4. The molecule has 6 rings (SSSR count). The molecule has 5 aliphatic heterocycles. The second kappa shape index (κ2) is 21.9. The van der Waals surface area contributed by atoms with Crippen molar-refractivity contribution < 1.29 is 72.6 Å². The Morgan fingerprint density at radius 1 is 0.953 bits per heavy atom. The van der Waals surface area contributed by atoms with Gasteiger partial charge < -0.3 is 67.8 Å². The molecule has 0 aromatic rings. The van der Waals surface area contributed by atoms with Crippen LogP contribution in [0.25, 0.3) is 0 Å². The fraction of sp³-hybridized carbons (Fsp3) is 0.816. The van der Waals surface area contributed by atoms with Gasteiger partial charge in [-0.25, -0.2) is 4.79 Å². The van der Waals surface area contributed by atoms with E-state index in [1.165, 1.54) is 7.11 Å². The van der Waals surface area contributed by atoms with Gasteiger partial charge in [0.15, 0.2) is 18.4 Å². The van der Waals surface area contributed by atoms with E-state index >= 15 is 0 Å². The van der Waals surface area contributed by atoms with E-state index < -0.39 is 96.9 Å². The van der Waals surface area contributed by atoms with Gasteiger partial charge in [-0.1, -0.05) is 71.4 Å². The maximum absolute atomic E-state index is 12.9. The summed E-state index contributed by atoms with van der Waals surface area (Å²) in [6.45, 7) is 16.2. The second-order valence-corrected chi connectivity index (χ2v) is 19.5. The second-order valence-electron chi connectivity index (χ2n) is 19.5. The number of ether oxygens (including phenoxy) is 10. The van der Waals surface area contributed by atoms with Gasteiger partial charge in [0.2, 0.25) is 0 Å². The average Bonchev–Trinajstić information content (AvgIpc) is 3.61. The highest BCUT2D eigenvalue weighted by Crippen LogP contribution is 2.46. The Morgan fingerprint density at radius 2 is 1.66 bits per heavy atom. The summed E-state index contributed by atoms with van der Waals surface area (Å²) >= 11 is 0. The van der Waals surface area contributed by atoms with Crippen molar-refractivity contribution in [2.75, 3.05) is 27.9 Å². The van der Waals surface area contributed by atoms with Crippen molar-refractivity contribution in [1.29, 1.82) is 0 Å². The lowest BCUT2D eigenvalue weighted by Crippen LogP contribution is -2.55. The molecule has 15 heteroatoms. The SMILES string of the molecule is CC[C@H](C)[C@H]1O[C@]2(CC[C@@H]1C)C[C@@H](O)C[C@@H](C/C=C(\C)[C@@H](O[C@H]1C[C@H](OC)[C@@H](OC3C[C@H](OC)[C@@H](O)[C@H](C)O3)[C@H](C)O1)[C@@H](C)/C=C/C=C1\CO[C@@H]3[C@H](O)[C@@H](C)C=C(C(=O)OC)[C@]13O)O2. The lowest BCUT2D eigenvalue weighted by atomic mass is 9.72. The van der Waals surface area contributed by atoms with Gasteiger partial charge in [-0.2, -0.15) is 0 Å². The Bertz CT molecular complexity index is 1680. The molecule has 5 heterocycles. The van der Waals surface area contributed by atoms with Crippen LogP contribution in [0.2, 0.25) is 0 Å². The number of fused-ring (bicyclic) bond motifs is 1. The van der Waals surface area contributed by atoms with E-state index in [4.69, 9.17) is 47.4 Å². The van der Waals surface area contributed by atoms with Gasteiger partial charge in [-0.15, -0.1) is 0 Å². The van der Waals surface area contributed by atoms with Crippen LogP contribution in [0, 0.1) is 23.7 Å². The molecule has 1 spiro atoms. The molecular weight excluding hydrogens is 829 g/mol. The monoisotopic (exact) mass is 907 g/mol. The third-order valence-corrected chi connectivity index (χ3v) is 14.8. The van der Waals surface area contributed by atoms with Crippen molar-refractivity contribution in [3.05, 3.63) is 47.1 Å². The first-order valence-corrected chi connectivity index (χ1v) is 23.6. The van der Waals surface area contributed by atoms with Crippen LogP contribution in [0.3, 0.4) is 0 Å². The van der Waals surface area contributed by atoms with Gasteiger partial charge in [0, 0.05) is 58.2 Å². The van der Waals surface area contributed by atoms with Crippen molar-refractivity contribution in [2.24, 2.45) is 23.7 Å². The summed E-state index contributed by atoms with van der Waals surface area (Å²) in [5.74, 6) is -1.40. The first-order valence-electron chi connectivity index (χ1n) is 23.6. The molecule has 0 aromatic heterocycles. The summed E-state index contributed by atoms with van der Waals surface area (Å²) in [6, 6.07) is 0. The molecule has 6 aliphatic rings. The number of esters is 1. The first kappa shape index (κ1) is 51.3. The van der Waals surface area contributed by atoms with E-state index in [1.807, 2.05) is 32.9 Å². The highest BCUT2D eigenvalue weighted by molar-refractivity contribution is 5.92. The molecule has 364 valence electrons.